The first-order chi connectivity index (χ1) is 13.0. The summed E-state index contributed by atoms with van der Waals surface area (Å²) >= 11 is 0. The highest BCUT2D eigenvalue weighted by Crippen LogP contribution is 2.22. The van der Waals surface area contributed by atoms with Crippen LogP contribution in [0.3, 0.4) is 0 Å². The minimum atomic E-state index is -0.509. The molecule has 2 aromatic heterocycles. The number of hydrogen-bond donors (Lipinski definition) is 1. The molecule has 0 aliphatic rings. The number of nitrogens with zero attached hydrogens (tertiary/aromatic N) is 3. The van der Waals surface area contributed by atoms with E-state index in [0.717, 1.165) is 16.8 Å². The number of methoxy groups -OCH3 is 1. The van der Waals surface area contributed by atoms with Gasteiger partial charge in [-0.1, -0.05) is 0 Å². The molecule has 0 spiro atoms. The molecule has 0 aliphatic heterocycles. The van der Waals surface area contributed by atoms with E-state index < -0.39 is 11.8 Å². The Morgan fingerprint density at radius 2 is 1.89 bits per heavy atom. The summed E-state index contributed by atoms with van der Waals surface area (Å²) < 4.78 is 18.8. The lowest BCUT2D eigenvalue weighted by Gasteiger charge is -2.13. The van der Waals surface area contributed by atoms with E-state index in [-0.39, 0.29) is 6.54 Å². The van der Waals surface area contributed by atoms with Gasteiger partial charge in [-0.3, -0.25) is 4.98 Å². The molecule has 1 aromatic carbocycles. The van der Waals surface area contributed by atoms with Crippen LogP contribution in [0.15, 0.2) is 42.7 Å². The average molecular weight is 366 g/mol. The molecule has 0 bridgehead atoms. The molecular formula is C20H19FN4O2. The molecular weight excluding hydrogens is 347 g/mol. The summed E-state index contributed by atoms with van der Waals surface area (Å²) in [6.07, 6.45) is 3.35. The topological polar surface area (TPSA) is 77.0 Å². The van der Waals surface area contributed by atoms with Gasteiger partial charge in [-0.05, 0) is 44.2 Å². The van der Waals surface area contributed by atoms with Gasteiger partial charge in [0.2, 0.25) is 0 Å². The van der Waals surface area contributed by atoms with E-state index in [1.807, 2.05) is 26.0 Å². The van der Waals surface area contributed by atoms with Crippen LogP contribution in [0.4, 0.5) is 10.2 Å². The molecule has 0 saturated carbocycles. The molecule has 0 aliphatic carbocycles. The zero-order valence-electron chi connectivity index (χ0n) is 15.3. The summed E-state index contributed by atoms with van der Waals surface area (Å²) in [6, 6.07) is 7.78. The summed E-state index contributed by atoms with van der Waals surface area (Å²) in [6.45, 7) is 3.96. The number of esters is 1. The predicted octanol–water partition coefficient (Wildman–Crippen LogP) is 3.69. The number of benzene rings is 1. The Morgan fingerprint density at radius 1 is 1.15 bits per heavy atom. The van der Waals surface area contributed by atoms with Gasteiger partial charge in [0.25, 0.3) is 0 Å². The number of halogens is 1. The van der Waals surface area contributed by atoms with Crippen molar-refractivity contribution < 1.29 is 13.9 Å². The lowest BCUT2D eigenvalue weighted by molar-refractivity contribution is 0.0600. The molecule has 0 radical (unpaired) electrons. The van der Waals surface area contributed by atoms with Crippen molar-refractivity contribution in [1.82, 2.24) is 15.0 Å². The van der Waals surface area contributed by atoms with E-state index in [1.54, 1.807) is 12.4 Å². The van der Waals surface area contributed by atoms with Gasteiger partial charge < -0.3 is 10.1 Å². The van der Waals surface area contributed by atoms with Gasteiger partial charge in [0, 0.05) is 41.3 Å². The van der Waals surface area contributed by atoms with E-state index >= 15 is 0 Å². The zero-order valence-corrected chi connectivity index (χ0v) is 15.3. The molecule has 0 unspecified atom stereocenters. The number of hydrogen-bond acceptors (Lipinski definition) is 6. The predicted molar refractivity (Wildman–Crippen MR) is 99.8 cm³/mol. The van der Waals surface area contributed by atoms with Crippen LogP contribution in [-0.2, 0) is 11.3 Å². The van der Waals surface area contributed by atoms with Crippen LogP contribution >= 0.6 is 0 Å². The number of carbonyl (C=O) groups excluding carboxylic acids is 1. The number of aromatic nitrogens is 3. The van der Waals surface area contributed by atoms with Crippen molar-refractivity contribution in [3.8, 4) is 11.4 Å². The third-order valence-electron chi connectivity index (χ3n) is 4.24. The third-order valence-corrected chi connectivity index (χ3v) is 4.24. The monoisotopic (exact) mass is 366 g/mol. The molecule has 1 N–H and O–H groups in total. The lowest BCUT2D eigenvalue weighted by atomic mass is 10.1. The van der Waals surface area contributed by atoms with E-state index in [4.69, 9.17) is 0 Å². The minimum absolute atomic E-state index is 0.170. The molecule has 3 rings (SSSR count). The van der Waals surface area contributed by atoms with Crippen molar-refractivity contribution >= 4 is 11.8 Å². The summed E-state index contributed by atoms with van der Waals surface area (Å²) in [4.78, 5) is 24.7. The Kier molecular flexibility index (Phi) is 5.40. The Bertz CT molecular complexity index is 977. The van der Waals surface area contributed by atoms with Crippen molar-refractivity contribution in [3.63, 3.8) is 0 Å². The van der Waals surface area contributed by atoms with Crippen molar-refractivity contribution in [2.24, 2.45) is 0 Å². The molecule has 3 aromatic rings. The Labute approximate surface area is 156 Å². The number of nitrogens with one attached hydrogen (secondary N) is 1. The maximum atomic E-state index is 14.1. The molecule has 2 heterocycles. The number of anilines is 1. The Morgan fingerprint density at radius 3 is 2.59 bits per heavy atom. The van der Waals surface area contributed by atoms with Crippen LogP contribution in [0.25, 0.3) is 11.4 Å². The van der Waals surface area contributed by atoms with Gasteiger partial charge >= 0.3 is 5.97 Å². The van der Waals surface area contributed by atoms with Gasteiger partial charge in [-0.25, -0.2) is 19.2 Å². The highest BCUT2D eigenvalue weighted by Gasteiger charge is 2.13. The zero-order chi connectivity index (χ0) is 19.4. The van der Waals surface area contributed by atoms with Crippen LogP contribution in [0.1, 0.15) is 27.2 Å². The Balaban J connectivity index is 1.88. The number of ether oxygens (including phenoxy) is 1. The third kappa shape index (κ3) is 4.08. The highest BCUT2D eigenvalue weighted by atomic mass is 19.1. The van der Waals surface area contributed by atoms with Crippen LogP contribution < -0.4 is 5.32 Å². The summed E-state index contributed by atoms with van der Waals surface area (Å²) in [5.41, 5.74) is 3.18. The van der Waals surface area contributed by atoms with Gasteiger partial charge in [0.15, 0.2) is 5.82 Å². The van der Waals surface area contributed by atoms with E-state index in [9.17, 15) is 9.18 Å². The van der Waals surface area contributed by atoms with Crippen LogP contribution in [-0.4, -0.2) is 28.0 Å². The molecule has 0 amide bonds. The molecule has 0 fully saturated rings. The smallest absolute Gasteiger partial charge is 0.337 e. The Hall–Kier alpha value is -3.35. The van der Waals surface area contributed by atoms with Gasteiger partial charge in [-0.2, -0.15) is 0 Å². The maximum absolute atomic E-state index is 14.1. The maximum Gasteiger partial charge on any atom is 0.337 e. The van der Waals surface area contributed by atoms with Crippen molar-refractivity contribution in [2.45, 2.75) is 20.4 Å². The summed E-state index contributed by atoms with van der Waals surface area (Å²) in [5, 5.41) is 3.15. The number of rotatable bonds is 5. The van der Waals surface area contributed by atoms with E-state index in [1.165, 1.54) is 25.3 Å². The van der Waals surface area contributed by atoms with Gasteiger partial charge in [-0.15, -0.1) is 0 Å². The van der Waals surface area contributed by atoms with E-state index in [2.05, 4.69) is 25.0 Å². The normalized spacial score (nSPS) is 10.5. The highest BCUT2D eigenvalue weighted by molar-refractivity contribution is 5.89. The fourth-order valence-electron chi connectivity index (χ4n) is 2.56. The van der Waals surface area contributed by atoms with E-state index in [0.29, 0.717) is 22.8 Å². The van der Waals surface area contributed by atoms with Crippen LogP contribution in [0.5, 0.6) is 0 Å². The second-order valence-corrected chi connectivity index (χ2v) is 5.99. The molecule has 7 heteroatoms. The van der Waals surface area contributed by atoms with Crippen molar-refractivity contribution in [3.05, 3.63) is 70.9 Å². The quantitative estimate of drug-likeness (QED) is 0.694. The lowest BCUT2D eigenvalue weighted by Crippen LogP contribution is -2.09. The SMILES string of the molecule is COC(=O)c1ccc(F)c(CNc2nc(-c3ccncc3)nc(C)c2C)c1. The summed E-state index contributed by atoms with van der Waals surface area (Å²) in [7, 11) is 1.29. The number of pyridine rings is 1. The van der Waals surface area contributed by atoms with Gasteiger partial charge in [0.1, 0.15) is 11.6 Å². The second-order valence-electron chi connectivity index (χ2n) is 5.99. The van der Waals surface area contributed by atoms with Gasteiger partial charge in [0.05, 0.1) is 12.7 Å². The van der Waals surface area contributed by atoms with Crippen LogP contribution in [0, 0.1) is 19.7 Å². The fraction of sp³-hybridized carbons (Fsp3) is 0.200. The number of carbonyl (C=O) groups is 1. The summed E-state index contributed by atoms with van der Waals surface area (Å²) in [5.74, 6) is 0.252. The molecule has 27 heavy (non-hydrogen) atoms. The average Bonchev–Trinajstić information content (AvgIpc) is 2.70. The standard InChI is InChI=1S/C20H19FN4O2/c1-12-13(2)24-19(14-6-8-22-9-7-14)25-18(12)23-11-16-10-15(20(26)27-3)4-5-17(16)21/h4-10H,11H2,1-3H3,(H,23,24,25). The molecule has 0 atom stereocenters. The number of aryl methyl sites for hydroxylation is 1. The van der Waals surface area contributed by atoms with Crippen molar-refractivity contribution in [1.29, 1.82) is 0 Å². The molecule has 6 nitrogen and oxygen atoms in total. The van der Waals surface area contributed by atoms with Crippen LogP contribution in [0.2, 0.25) is 0 Å². The first-order valence-electron chi connectivity index (χ1n) is 8.36. The largest absolute Gasteiger partial charge is 0.465 e. The molecule has 0 saturated heterocycles. The minimum Gasteiger partial charge on any atom is -0.465 e. The second kappa shape index (κ2) is 7.90. The first-order valence-corrected chi connectivity index (χ1v) is 8.36. The van der Waals surface area contributed by atoms with Crippen molar-refractivity contribution in [2.75, 3.05) is 12.4 Å². The fourth-order valence-corrected chi connectivity index (χ4v) is 2.56. The molecule has 138 valence electrons. The first kappa shape index (κ1) is 18.4.